The monoisotopic (exact) mass is 631 g/mol. The quantitative estimate of drug-likeness (QED) is 0.401. The van der Waals surface area contributed by atoms with E-state index in [1.165, 1.54) is 12.0 Å². The van der Waals surface area contributed by atoms with E-state index >= 15 is 0 Å². The Kier molecular flexibility index (Phi) is 7.93. The molecule has 4 N–H and O–H groups in total. The van der Waals surface area contributed by atoms with Crippen molar-refractivity contribution >= 4 is 29.0 Å². The molecule has 2 unspecified atom stereocenters. The zero-order valence-corrected chi connectivity index (χ0v) is 26.8. The molecule has 6 rings (SSSR count). The largest absolute Gasteiger partial charge is 0.507 e. The fourth-order valence-electron chi connectivity index (χ4n) is 8.97. The molecule has 0 spiro atoms. The van der Waals surface area contributed by atoms with E-state index in [2.05, 4.69) is 4.90 Å². The molecule has 4 aliphatic rings. The third-order valence-electron chi connectivity index (χ3n) is 11.1. The molecule has 1 aliphatic heterocycles. The average Bonchev–Trinajstić information content (AvgIpc) is 3.51. The van der Waals surface area contributed by atoms with Gasteiger partial charge in [-0.1, -0.05) is 32.0 Å². The number of ketones is 4. The van der Waals surface area contributed by atoms with Gasteiger partial charge in [0.05, 0.1) is 24.6 Å². The van der Waals surface area contributed by atoms with Gasteiger partial charge in [0.2, 0.25) is 5.91 Å². The maximum Gasteiger partial charge on any atom is 0.235 e. The van der Waals surface area contributed by atoms with Crippen LogP contribution in [0.1, 0.15) is 54.1 Å². The molecule has 2 aromatic carbocycles. The lowest BCUT2D eigenvalue weighted by molar-refractivity contribution is -0.188. The van der Waals surface area contributed by atoms with Crippen molar-refractivity contribution in [3.05, 3.63) is 47.0 Å². The second-order valence-electron chi connectivity index (χ2n) is 13.7. The number of primary amides is 1. The number of likely N-dealkylation sites (tertiary alicyclic amines) is 1. The van der Waals surface area contributed by atoms with E-state index in [4.69, 9.17) is 10.5 Å². The zero-order valence-electron chi connectivity index (χ0n) is 26.8. The van der Waals surface area contributed by atoms with Crippen LogP contribution in [0.4, 0.5) is 0 Å². The molecule has 1 saturated heterocycles. The number of Topliss-reactive ketones (excluding diaryl/α,β-unsaturated/α-hetero) is 4. The van der Waals surface area contributed by atoms with Crippen molar-refractivity contribution in [3.8, 4) is 22.6 Å². The summed E-state index contributed by atoms with van der Waals surface area (Å²) in [6.45, 7) is 6.31. The molecule has 8 atom stereocenters. The van der Waals surface area contributed by atoms with E-state index < -0.39 is 76.2 Å². The molecule has 1 heterocycles. The number of carbonyl (C=O) groups excluding carboxylic acids is 5. The van der Waals surface area contributed by atoms with Gasteiger partial charge in [0, 0.05) is 23.6 Å². The van der Waals surface area contributed by atoms with Crippen molar-refractivity contribution in [1.82, 2.24) is 9.80 Å². The minimum Gasteiger partial charge on any atom is -0.507 e. The average molecular weight is 632 g/mol. The van der Waals surface area contributed by atoms with Crippen molar-refractivity contribution < 1.29 is 38.9 Å². The molecule has 2 aromatic rings. The first-order chi connectivity index (χ1) is 21.7. The summed E-state index contributed by atoms with van der Waals surface area (Å²) in [5.41, 5.74) is 5.11. The number of hydrogen-bond acceptors (Lipinski definition) is 10. The Labute approximate surface area is 267 Å². The highest BCUT2D eigenvalue weighted by Crippen LogP contribution is 2.57. The fraction of sp³-hybridized carbons (Fsp3) is 0.514. The number of likely N-dealkylation sites (N-methyl/N-ethyl adjacent to an activating group) is 1. The number of methoxy groups -OCH3 is 1. The van der Waals surface area contributed by atoms with Crippen LogP contribution in [0.2, 0.25) is 0 Å². The maximum atomic E-state index is 14.4. The molecule has 0 bridgehead atoms. The summed E-state index contributed by atoms with van der Waals surface area (Å²) in [7, 11) is 4.66. The minimum atomic E-state index is -2.80. The van der Waals surface area contributed by atoms with E-state index in [-0.39, 0.29) is 11.3 Å². The molecule has 3 fully saturated rings. The molecule has 0 radical (unpaired) electrons. The highest BCUT2D eigenvalue weighted by molar-refractivity contribution is 6.32. The first-order valence-corrected chi connectivity index (χ1v) is 15.9. The summed E-state index contributed by atoms with van der Waals surface area (Å²) in [5, 5.41) is 23.8. The van der Waals surface area contributed by atoms with E-state index in [0.717, 1.165) is 38.0 Å². The van der Waals surface area contributed by atoms with Crippen molar-refractivity contribution in [1.29, 1.82) is 0 Å². The first-order valence-electron chi connectivity index (χ1n) is 15.9. The molecule has 0 aromatic heterocycles. The number of aliphatic hydroxyl groups is 1. The number of nitrogens with zero attached hydrogens (tertiary/aromatic N) is 2. The Morgan fingerprint density at radius 2 is 1.72 bits per heavy atom. The smallest absolute Gasteiger partial charge is 0.235 e. The number of fused-ring (bicyclic) bond motifs is 3. The molecule has 11 heteroatoms. The summed E-state index contributed by atoms with van der Waals surface area (Å²) >= 11 is 0. The molecule has 1 amide bonds. The van der Waals surface area contributed by atoms with Crippen LogP contribution in [0.5, 0.6) is 11.5 Å². The van der Waals surface area contributed by atoms with Crippen LogP contribution in [0.15, 0.2) is 30.3 Å². The van der Waals surface area contributed by atoms with Gasteiger partial charge >= 0.3 is 0 Å². The highest BCUT2D eigenvalue weighted by Gasteiger charge is 2.72. The number of benzene rings is 2. The van der Waals surface area contributed by atoms with E-state index in [9.17, 15) is 34.2 Å². The predicted octanol–water partition coefficient (Wildman–Crippen LogP) is 1.95. The Morgan fingerprint density at radius 1 is 1.04 bits per heavy atom. The van der Waals surface area contributed by atoms with E-state index in [1.807, 2.05) is 25.1 Å². The summed E-state index contributed by atoms with van der Waals surface area (Å²) in [5.74, 6) is -11.5. The standard InChI is InChI=1S/C35H41N3O8/c1-16-19-9-10-20(21-14-18(8-11-22(21)46-5)15-38-12-6-7-13-38)29(39)24(19)30(40)25-23(16)17(2)27-28(37(3)4)31(41)26(34(36)44)33(43)35(27,45)32(25)42/h8-11,14,16-17,23,25-28,39,45H,6-7,12-13,15H2,1-5H3,(H2,36,44)/t16-,17-,23-,25?,26?,27-,28-,35-/m0/s1. The zero-order chi connectivity index (χ0) is 33.4. The summed E-state index contributed by atoms with van der Waals surface area (Å²) < 4.78 is 5.64. The van der Waals surface area contributed by atoms with Crippen LogP contribution < -0.4 is 10.5 Å². The lowest BCUT2D eigenvalue weighted by Gasteiger charge is -2.57. The number of hydrogen-bond donors (Lipinski definition) is 3. The Balaban J connectivity index is 1.47. The van der Waals surface area contributed by atoms with Crippen molar-refractivity contribution in [2.45, 2.75) is 50.8 Å². The lowest BCUT2D eigenvalue weighted by atomic mass is 9.47. The lowest BCUT2D eigenvalue weighted by Crippen LogP contribution is -2.76. The van der Waals surface area contributed by atoms with Gasteiger partial charge in [-0.15, -0.1) is 0 Å². The number of phenolic OH excluding ortho intramolecular Hbond substituents is 1. The van der Waals surface area contributed by atoms with Gasteiger partial charge in [-0.2, -0.15) is 0 Å². The van der Waals surface area contributed by atoms with Crippen LogP contribution in [0.25, 0.3) is 11.1 Å². The van der Waals surface area contributed by atoms with Gasteiger partial charge in [-0.05, 0) is 81.0 Å². The Bertz CT molecular complexity index is 1660. The van der Waals surface area contributed by atoms with Gasteiger partial charge in [-0.3, -0.25) is 33.8 Å². The molecular weight excluding hydrogens is 590 g/mol. The number of amides is 1. The number of carbonyl (C=O) groups is 5. The molecule has 11 nitrogen and oxygen atoms in total. The van der Waals surface area contributed by atoms with Crippen molar-refractivity contribution in [2.75, 3.05) is 34.3 Å². The molecule has 244 valence electrons. The van der Waals surface area contributed by atoms with Gasteiger partial charge in [0.1, 0.15) is 11.5 Å². The van der Waals surface area contributed by atoms with Crippen molar-refractivity contribution in [2.24, 2.45) is 35.3 Å². The van der Waals surface area contributed by atoms with Gasteiger partial charge in [0.25, 0.3) is 0 Å². The summed E-state index contributed by atoms with van der Waals surface area (Å²) in [6.07, 6.45) is 2.29. The number of phenols is 1. The van der Waals surface area contributed by atoms with Crippen LogP contribution in [0, 0.1) is 29.6 Å². The second kappa shape index (κ2) is 11.4. The first kappa shape index (κ1) is 32.0. The Hall–Kier alpha value is -3.93. The van der Waals surface area contributed by atoms with Gasteiger partial charge in [0.15, 0.2) is 34.7 Å². The summed E-state index contributed by atoms with van der Waals surface area (Å²) in [6, 6.07) is 8.09. The molecule has 2 saturated carbocycles. The molecular formula is C35H41N3O8. The SMILES string of the molecule is COc1ccc(CN2CCCC2)cc1-c1ccc2c(c1O)C(=O)C1C(=O)[C@]3(O)C(=O)C(C(N)=O)C(=O)[C@@H](N(C)C)[C@@H]3[C@@H](C)[C@@H]1[C@H]2C. The van der Waals surface area contributed by atoms with Crippen molar-refractivity contribution in [3.63, 3.8) is 0 Å². The number of aromatic hydroxyl groups is 1. The van der Waals surface area contributed by atoms with Gasteiger partial charge in [-0.25, -0.2) is 0 Å². The van der Waals surface area contributed by atoms with Crippen LogP contribution in [0.3, 0.4) is 0 Å². The Morgan fingerprint density at radius 3 is 2.33 bits per heavy atom. The minimum absolute atomic E-state index is 0.0456. The second-order valence-corrected chi connectivity index (χ2v) is 13.7. The fourth-order valence-corrected chi connectivity index (χ4v) is 8.97. The summed E-state index contributed by atoms with van der Waals surface area (Å²) in [4.78, 5) is 72.1. The third kappa shape index (κ3) is 4.46. The number of rotatable bonds is 6. The van der Waals surface area contributed by atoms with E-state index in [0.29, 0.717) is 22.4 Å². The highest BCUT2D eigenvalue weighted by atomic mass is 16.5. The topological polar surface area (TPSA) is 168 Å². The number of nitrogens with two attached hydrogens (primary N) is 1. The number of ether oxygens (including phenoxy) is 1. The molecule has 46 heavy (non-hydrogen) atoms. The third-order valence-corrected chi connectivity index (χ3v) is 11.1. The molecule has 3 aliphatic carbocycles. The normalized spacial score (nSPS) is 32.7. The van der Waals surface area contributed by atoms with Crippen LogP contribution >= 0.6 is 0 Å². The van der Waals surface area contributed by atoms with Crippen LogP contribution in [-0.2, 0) is 25.7 Å². The van der Waals surface area contributed by atoms with Crippen LogP contribution in [-0.4, -0.2) is 95.0 Å². The predicted molar refractivity (Wildman–Crippen MR) is 167 cm³/mol. The van der Waals surface area contributed by atoms with Gasteiger partial charge < -0.3 is 20.7 Å². The van der Waals surface area contributed by atoms with E-state index in [1.54, 1.807) is 33.2 Å². The maximum absolute atomic E-state index is 14.4.